The Morgan fingerprint density at radius 3 is 2.47 bits per heavy atom. The van der Waals surface area contributed by atoms with Crippen molar-refractivity contribution in [2.45, 2.75) is 9.79 Å². The summed E-state index contributed by atoms with van der Waals surface area (Å²) < 4.78 is 0. The van der Waals surface area contributed by atoms with Crippen LogP contribution in [0, 0.1) is 0 Å². The summed E-state index contributed by atoms with van der Waals surface area (Å²) in [6.07, 6.45) is 4.00. The molecule has 0 N–H and O–H groups in total. The van der Waals surface area contributed by atoms with Crippen molar-refractivity contribution < 1.29 is 5.11 Å². The molecule has 0 aliphatic heterocycles. The van der Waals surface area contributed by atoms with Gasteiger partial charge in [0.25, 0.3) is 0 Å². The van der Waals surface area contributed by atoms with Crippen molar-refractivity contribution in [2.75, 3.05) is 12.5 Å². The fraction of sp³-hybridized carbons (Fsp3) is 0.167. The topological polar surface area (TPSA) is 19.9 Å². The molecule has 0 amide bonds. The third-order valence-corrected chi connectivity index (χ3v) is 3.90. The van der Waals surface area contributed by atoms with Gasteiger partial charge in [-0.3, -0.25) is 5.11 Å². The molecule has 0 unspecified atom stereocenters. The van der Waals surface area contributed by atoms with Gasteiger partial charge in [-0.25, -0.2) is 0 Å². The van der Waals surface area contributed by atoms with Gasteiger partial charge in [-0.05, 0) is 41.5 Å². The van der Waals surface area contributed by atoms with Crippen LogP contribution in [0.25, 0.3) is 10.8 Å². The van der Waals surface area contributed by atoms with Crippen LogP contribution in [0.3, 0.4) is 0 Å². The van der Waals surface area contributed by atoms with Crippen LogP contribution in [-0.2, 0) is 5.11 Å². The van der Waals surface area contributed by atoms with Gasteiger partial charge in [-0.2, -0.15) is 0 Å². The van der Waals surface area contributed by atoms with E-state index in [4.69, 9.17) is 0 Å². The first-order valence-corrected chi connectivity index (χ1v) is 7.03. The number of hydrogen-bond acceptors (Lipinski definition) is 2. The lowest BCUT2D eigenvalue weighted by Gasteiger charge is -2.05. The normalized spacial score (nSPS) is 10.8. The van der Waals surface area contributed by atoms with Crippen LogP contribution in [0.4, 0.5) is 0 Å². The molecule has 15 heavy (non-hydrogen) atoms. The molecular formula is C12H11OS2. The highest BCUT2D eigenvalue weighted by Gasteiger charge is 2.07. The van der Waals surface area contributed by atoms with Gasteiger partial charge < -0.3 is 0 Å². The van der Waals surface area contributed by atoms with Crippen LogP contribution in [0.1, 0.15) is 0 Å². The van der Waals surface area contributed by atoms with E-state index in [-0.39, 0.29) is 5.75 Å². The Morgan fingerprint density at radius 1 is 1.00 bits per heavy atom. The summed E-state index contributed by atoms with van der Waals surface area (Å²) in [6, 6.07) is 9.77. The molecule has 77 valence electrons. The van der Waals surface area contributed by atoms with Crippen molar-refractivity contribution in [1.29, 1.82) is 0 Å². The van der Waals surface area contributed by atoms with E-state index in [1.54, 1.807) is 17.8 Å². The Morgan fingerprint density at radius 2 is 1.80 bits per heavy atom. The van der Waals surface area contributed by atoms with Crippen LogP contribution in [-0.4, -0.2) is 12.5 Å². The molecule has 3 heteroatoms. The van der Waals surface area contributed by atoms with Crippen molar-refractivity contribution in [3.8, 4) is 5.75 Å². The molecule has 0 fully saturated rings. The number of benzene rings is 2. The Labute approximate surface area is 97.9 Å². The summed E-state index contributed by atoms with van der Waals surface area (Å²) in [4.78, 5) is 2.08. The van der Waals surface area contributed by atoms with Gasteiger partial charge in [0.15, 0.2) is 5.75 Å². The summed E-state index contributed by atoms with van der Waals surface area (Å²) in [5.41, 5.74) is 0. The molecule has 0 aliphatic rings. The van der Waals surface area contributed by atoms with Gasteiger partial charge in [0, 0.05) is 4.90 Å². The molecule has 0 bridgehead atoms. The van der Waals surface area contributed by atoms with Crippen LogP contribution in [0.2, 0.25) is 0 Å². The van der Waals surface area contributed by atoms with E-state index in [0.717, 1.165) is 15.7 Å². The van der Waals surface area contributed by atoms with Gasteiger partial charge in [-0.15, -0.1) is 23.5 Å². The predicted octanol–water partition coefficient (Wildman–Crippen LogP) is 4.43. The van der Waals surface area contributed by atoms with Crippen molar-refractivity contribution in [3.63, 3.8) is 0 Å². The van der Waals surface area contributed by atoms with Crippen LogP contribution >= 0.6 is 23.5 Å². The SMILES string of the molecule is CSc1ccc2c(SC)c([O])ccc2c1. The third kappa shape index (κ3) is 1.94. The number of rotatable bonds is 2. The van der Waals surface area contributed by atoms with Gasteiger partial charge in [0.2, 0.25) is 0 Å². The second kappa shape index (κ2) is 4.37. The van der Waals surface area contributed by atoms with Gasteiger partial charge in [0.1, 0.15) is 0 Å². The second-order valence-electron chi connectivity index (χ2n) is 3.18. The first kappa shape index (κ1) is 10.7. The lowest BCUT2D eigenvalue weighted by atomic mass is 10.1. The Kier molecular flexibility index (Phi) is 3.12. The average molecular weight is 235 g/mol. The summed E-state index contributed by atoms with van der Waals surface area (Å²) in [7, 11) is 0. The van der Waals surface area contributed by atoms with E-state index in [0.29, 0.717) is 0 Å². The summed E-state index contributed by atoms with van der Waals surface area (Å²) in [6.45, 7) is 0. The van der Waals surface area contributed by atoms with E-state index in [9.17, 15) is 5.11 Å². The minimum atomic E-state index is 0.118. The first-order valence-electron chi connectivity index (χ1n) is 4.58. The molecule has 0 aromatic heterocycles. The quantitative estimate of drug-likeness (QED) is 0.718. The lowest BCUT2D eigenvalue weighted by molar-refractivity contribution is 0.346. The highest BCUT2D eigenvalue weighted by Crippen LogP contribution is 2.35. The molecule has 0 atom stereocenters. The molecule has 0 aliphatic carbocycles. The van der Waals surface area contributed by atoms with Crippen molar-refractivity contribution in [2.24, 2.45) is 0 Å². The van der Waals surface area contributed by atoms with Crippen LogP contribution in [0.15, 0.2) is 40.1 Å². The molecule has 2 rings (SSSR count). The Balaban J connectivity index is 2.72. The largest absolute Gasteiger partial charge is 0.289 e. The van der Waals surface area contributed by atoms with E-state index >= 15 is 0 Å². The standard InChI is InChI=1S/C12H11OS2/c1-14-9-4-5-10-8(7-9)3-6-11(13)12(10)15-2/h3-7H,1-2H3. The summed E-state index contributed by atoms with van der Waals surface area (Å²) in [5, 5.41) is 13.8. The molecule has 0 saturated heterocycles. The molecule has 0 saturated carbocycles. The van der Waals surface area contributed by atoms with Gasteiger partial charge >= 0.3 is 0 Å². The highest BCUT2D eigenvalue weighted by molar-refractivity contribution is 7.99. The van der Waals surface area contributed by atoms with Crippen LogP contribution in [0.5, 0.6) is 5.75 Å². The lowest BCUT2D eigenvalue weighted by Crippen LogP contribution is -1.79. The maximum absolute atomic E-state index is 11.6. The second-order valence-corrected chi connectivity index (χ2v) is 4.88. The first-order chi connectivity index (χ1) is 7.26. The average Bonchev–Trinajstić information content (AvgIpc) is 2.28. The summed E-state index contributed by atoms with van der Waals surface area (Å²) in [5.74, 6) is 0.118. The number of thioether (sulfide) groups is 2. The van der Waals surface area contributed by atoms with Gasteiger partial charge in [-0.1, -0.05) is 12.1 Å². The fourth-order valence-corrected chi connectivity index (χ4v) is 2.72. The van der Waals surface area contributed by atoms with Crippen molar-refractivity contribution >= 4 is 34.3 Å². The summed E-state index contributed by atoms with van der Waals surface area (Å²) >= 11 is 3.24. The zero-order valence-electron chi connectivity index (χ0n) is 8.61. The molecule has 0 heterocycles. The smallest absolute Gasteiger partial charge is 0.192 e. The molecular weight excluding hydrogens is 224 g/mol. The maximum atomic E-state index is 11.6. The molecule has 1 nitrogen and oxygen atoms in total. The molecule has 1 radical (unpaired) electrons. The predicted molar refractivity (Wildman–Crippen MR) is 67.6 cm³/mol. The van der Waals surface area contributed by atoms with E-state index < -0.39 is 0 Å². The van der Waals surface area contributed by atoms with E-state index in [2.05, 4.69) is 18.4 Å². The van der Waals surface area contributed by atoms with Crippen molar-refractivity contribution in [1.82, 2.24) is 0 Å². The Bertz CT molecular complexity index is 494. The maximum Gasteiger partial charge on any atom is 0.192 e. The monoisotopic (exact) mass is 235 g/mol. The van der Waals surface area contributed by atoms with Gasteiger partial charge in [0.05, 0.1) is 4.90 Å². The number of fused-ring (bicyclic) bond motifs is 1. The minimum absolute atomic E-state index is 0.118. The Hall–Kier alpha value is -0.800. The van der Waals surface area contributed by atoms with E-state index in [1.807, 2.05) is 18.4 Å². The van der Waals surface area contributed by atoms with Crippen molar-refractivity contribution in [3.05, 3.63) is 30.3 Å². The minimum Gasteiger partial charge on any atom is -0.289 e. The molecule has 2 aromatic carbocycles. The third-order valence-electron chi connectivity index (χ3n) is 2.35. The molecule has 0 spiro atoms. The fourth-order valence-electron chi connectivity index (χ4n) is 1.60. The number of hydrogen-bond donors (Lipinski definition) is 0. The zero-order chi connectivity index (χ0) is 10.8. The highest BCUT2D eigenvalue weighted by atomic mass is 32.2. The van der Waals surface area contributed by atoms with Crippen LogP contribution < -0.4 is 0 Å². The van der Waals surface area contributed by atoms with E-state index in [1.165, 1.54) is 16.7 Å². The molecule has 2 aromatic rings. The zero-order valence-corrected chi connectivity index (χ0v) is 10.2.